The fraction of sp³-hybridized carbons (Fsp3) is 0.0588. The molecule has 0 amide bonds. The van der Waals surface area contributed by atoms with E-state index in [1.165, 1.54) is 0 Å². The van der Waals surface area contributed by atoms with E-state index in [2.05, 4.69) is 21.0 Å². The second-order valence-electron chi connectivity index (χ2n) is 4.71. The zero-order valence-corrected chi connectivity index (χ0v) is 12.8. The van der Waals surface area contributed by atoms with Crippen molar-refractivity contribution in [3.63, 3.8) is 0 Å². The number of carbonyl (C=O) groups excluding carboxylic acids is 1. The fourth-order valence-corrected chi connectivity index (χ4v) is 2.57. The average molecular weight is 341 g/mol. The van der Waals surface area contributed by atoms with Gasteiger partial charge in [-0.1, -0.05) is 46.3 Å². The molecule has 104 valence electrons. The number of hydrogen-bond donors (Lipinski definition) is 0. The molecule has 0 spiro atoms. The Morgan fingerprint density at radius 3 is 2.62 bits per heavy atom. The van der Waals surface area contributed by atoms with Crippen LogP contribution in [0.2, 0.25) is 0 Å². The van der Waals surface area contributed by atoms with Gasteiger partial charge in [0.1, 0.15) is 5.69 Å². The summed E-state index contributed by atoms with van der Waals surface area (Å²) in [5.74, 6) is 0.0165. The SMILES string of the molecule is O=C(Cc1cccc(Br)c1)c1ccn(-c2ccccc2)n1. The van der Waals surface area contributed by atoms with Gasteiger partial charge in [-0.05, 0) is 35.9 Å². The van der Waals surface area contributed by atoms with Crippen molar-refractivity contribution >= 4 is 21.7 Å². The highest BCUT2D eigenvalue weighted by atomic mass is 79.9. The lowest BCUT2D eigenvalue weighted by atomic mass is 10.1. The van der Waals surface area contributed by atoms with Crippen molar-refractivity contribution in [3.8, 4) is 5.69 Å². The summed E-state index contributed by atoms with van der Waals surface area (Å²) in [5, 5.41) is 4.35. The van der Waals surface area contributed by atoms with E-state index in [1.807, 2.05) is 60.8 Å². The molecule has 2 aromatic carbocycles. The van der Waals surface area contributed by atoms with Gasteiger partial charge in [0.15, 0.2) is 5.78 Å². The van der Waals surface area contributed by atoms with Gasteiger partial charge in [-0.15, -0.1) is 0 Å². The van der Waals surface area contributed by atoms with E-state index in [4.69, 9.17) is 0 Å². The molecule has 0 fully saturated rings. The summed E-state index contributed by atoms with van der Waals surface area (Å²) in [4.78, 5) is 12.3. The molecule has 0 saturated heterocycles. The Morgan fingerprint density at radius 2 is 1.86 bits per heavy atom. The van der Waals surface area contributed by atoms with Gasteiger partial charge in [0.05, 0.1) is 5.69 Å². The van der Waals surface area contributed by atoms with Crippen LogP contribution in [0, 0.1) is 0 Å². The Morgan fingerprint density at radius 1 is 1.05 bits per heavy atom. The first-order valence-corrected chi connectivity index (χ1v) is 7.40. The number of rotatable bonds is 4. The van der Waals surface area contributed by atoms with Crippen molar-refractivity contribution in [3.05, 3.63) is 82.6 Å². The van der Waals surface area contributed by atoms with Crippen molar-refractivity contribution in [2.24, 2.45) is 0 Å². The molecule has 4 heteroatoms. The third kappa shape index (κ3) is 3.28. The van der Waals surface area contributed by atoms with Crippen molar-refractivity contribution in [1.82, 2.24) is 9.78 Å². The number of Topliss-reactive ketones (excluding diaryl/α,β-unsaturated/α-hetero) is 1. The number of carbonyl (C=O) groups is 1. The van der Waals surface area contributed by atoms with Crippen LogP contribution in [0.5, 0.6) is 0 Å². The normalized spacial score (nSPS) is 10.5. The minimum atomic E-state index is 0.0165. The molecule has 0 unspecified atom stereocenters. The molecular formula is C17H13BrN2O. The predicted octanol–water partition coefficient (Wildman–Crippen LogP) is 4.06. The second-order valence-corrected chi connectivity index (χ2v) is 5.63. The Hall–Kier alpha value is -2.20. The number of hydrogen-bond acceptors (Lipinski definition) is 2. The summed E-state index contributed by atoms with van der Waals surface area (Å²) in [6.45, 7) is 0. The molecule has 0 aliphatic heterocycles. The van der Waals surface area contributed by atoms with Crippen LogP contribution in [0.1, 0.15) is 16.1 Å². The van der Waals surface area contributed by atoms with Crippen molar-refractivity contribution in [1.29, 1.82) is 0 Å². The maximum absolute atomic E-state index is 12.3. The molecule has 0 saturated carbocycles. The Balaban J connectivity index is 1.78. The van der Waals surface area contributed by atoms with Gasteiger partial charge in [0.2, 0.25) is 0 Å². The molecular weight excluding hydrogens is 328 g/mol. The number of para-hydroxylation sites is 1. The van der Waals surface area contributed by atoms with Crippen LogP contribution in [0.15, 0.2) is 71.3 Å². The molecule has 3 aromatic rings. The van der Waals surface area contributed by atoms with Crippen LogP contribution in [0.4, 0.5) is 0 Å². The Labute approximate surface area is 131 Å². The topological polar surface area (TPSA) is 34.9 Å². The minimum Gasteiger partial charge on any atom is -0.292 e. The third-order valence-corrected chi connectivity index (χ3v) is 3.64. The lowest BCUT2D eigenvalue weighted by molar-refractivity contribution is 0.0988. The quantitative estimate of drug-likeness (QED) is 0.671. The molecule has 0 radical (unpaired) electrons. The maximum atomic E-state index is 12.3. The van der Waals surface area contributed by atoms with Gasteiger partial charge in [-0.25, -0.2) is 4.68 Å². The highest BCUT2D eigenvalue weighted by Crippen LogP contribution is 2.14. The molecule has 3 nitrogen and oxygen atoms in total. The van der Waals surface area contributed by atoms with Gasteiger partial charge in [0, 0.05) is 17.1 Å². The molecule has 21 heavy (non-hydrogen) atoms. The number of halogens is 1. The summed E-state index contributed by atoms with van der Waals surface area (Å²) in [5.41, 5.74) is 2.40. The zero-order valence-electron chi connectivity index (χ0n) is 11.2. The van der Waals surface area contributed by atoms with E-state index >= 15 is 0 Å². The highest BCUT2D eigenvalue weighted by Gasteiger charge is 2.11. The summed E-state index contributed by atoms with van der Waals surface area (Å²) in [7, 11) is 0. The van der Waals surface area contributed by atoms with E-state index < -0.39 is 0 Å². The standard InChI is InChI=1S/C17H13BrN2O/c18-14-6-4-5-13(11-14)12-17(21)16-9-10-20(19-16)15-7-2-1-3-8-15/h1-11H,12H2. The lowest BCUT2D eigenvalue weighted by Gasteiger charge is -2.01. The first kappa shape index (κ1) is 13.8. The highest BCUT2D eigenvalue weighted by molar-refractivity contribution is 9.10. The predicted molar refractivity (Wildman–Crippen MR) is 85.7 cm³/mol. The molecule has 1 heterocycles. The van der Waals surface area contributed by atoms with Crippen LogP contribution in [0.25, 0.3) is 5.69 Å². The van der Waals surface area contributed by atoms with Crippen LogP contribution in [-0.4, -0.2) is 15.6 Å². The maximum Gasteiger partial charge on any atom is 0.187 e. The van der Waals surface area contributed by atoms with Crippen molar-refractivity contribution in [2.45, 2.75) is 6.42 Å². The van der Waals surface area contributed by atoms with Crippen LogP contribution >= 0.6 is 15.9 Å². The van der Waals surface area contributed by atoms with Gasteiger partial charge in [-0.2, -0.15) is 5.10 Å². The smallest absolute Gasteiger partial charge is 0.187 e. The number of ketones is 1. The summed E-state index contributed by atoms with van der Waals surface area (Å²) >= 11 is 3.41. The van der Waals surface area contributed by atoms with Crippen LogP contribution in [0.3, 0.4) is 0 Å². The molecule has 0 aliphatic rings. The van der Waals surface area contributed by atoms with E-state index in [9.17, 15) is 4.79 Å². The van der Waals surface area contributed by atoms with Gasteiger partial charge >= 0.3 is 0 Å². The molecule has 0 bridgehead atoms. The lowest BCUT2D eigenvalue weighted by Crippen LogP contribution is -2.05. The summed E-state index contributed by atoms with van der Waals surface area (Å²) in [6, 6.07) is 19.3. The fourth-order valence-electron chi connectivity index (χ4n) is 2.12. The summed E-state index contributed by atoms with van der Waals surface area (Å²) < 4.78 is 2.69. The molecule has 0 N–H and O–H groups in total. The molecule has 3 rings (SSSR count). The Kier molecular flexibility index (Phi) is 3.97. The monoisotopic (exact) mass is 340 g/mol. The Bertz CT molecular complexity index is 765. The first-order chi connectivity index (χ1) is 10.2. The minimum absolute atomic E-state index is 0.0165. The van der Waals surface area contributed by atoms with E-state index in [0.717, 1.165) is 15.7 Å². The van der Waals surface area contributed by atoms with Gasteiger partial charge < -0.3 is 0 Å². The molecule has 0 aliphatic carbocycles. The van der Waals surface area contributed by atoms with E-state index in [0.29, 0.717) is 12.1 Å². The largest absolute Gasteiger partial charge is 0.292 e. The van der Waals surface area contributed by atoms with Crippen molar-refractivity contribution < 1.29 is 4.79 Å². The average Bonchev–Trinajstić information content (AvgIpc) is 2.98. The van der Waals surface area contributed by atoms with Gasteiger partial charge in [-0.3, -0.25) is 4.79 Å². The molecule has 1 aromatic heterocycles. The molecule has 0 atom stereocenters. The number of aromatic nitrogens is 2. The van der Waals surface area contributed by atoms with Crippen LogP contribution in [-0.2, 0) is 6.42 Å². The van der Waals surface area contributed by atoms with E-state index in [1.54, 1.807) is 10.7 Å². The number of nitrogens with zero attached hydrogens (tertiary/aromatic N) is 2. The second kappa shape index (κ2) is 6.06. The van der Waals surface area contributed by atoms with E-state index in [-0.39, 0.29) is 5.78 Å². The van der Waals surface area contributed by atoms with Crippen molar-refractivity contribution in [2.75, 3.05) is 0 Å². The number of benzene rings is 2. The first-order valence-electron chi connectivity index (χ1n) is 6.61. The van der Waals surface area contributed by atoms with Gasteiger partial charge in [0.25, 0.3) is 0 Å². The van der Waals surface area contributed by atoms with Crippen LogP contribution < -0.4 is 0 Å². The third-order valence-electron chi connectivity index (χ3n) is 3.15. The zero-order chi connectivity index (χ0) is 14.7. The summed E-state index contributed by atoms with van der Waals surface area (Å²) in [6.07, 6.45) is 2.16.